The lowest BCUT2D eigenvalue weighted by Gasteiger charge is -2.14. The van der Waals surface area contributed by atoms with Crippen molar-refractivity contribution in [2.45, 2.75) is 12.8 Å². The number of carboxylic acids is 1. The first-order chi connectivity index (χ1) is 12.2. The summed E-state index contributed by atoms with van der Waals surface area (Å²) in [5, 5.41) is 8.81. The van der Waals surface area contributed by atoms with Crippen LogP contribution in [0.4, 0.5) is 0 Å². The molecule has 0 atom stereocenters. The van der Waals surface area contributed by atoms with Crippen LogP contribution in [-0.4, -0.2) is 40.6 Å². The van der Waals surface area contributed by atoms with E-state index in [9.17, 15) is 4.79 Å². The SMILES string of the molecule is O=C(O)C=Cc1cccc(C(=CCN2CCCC2)c2ccccc2)n1. The Labute approximate surface area is 148 Å². The highest BCUT2D eigenvalue weighted by Crippen LogP contribution is 2.23. The van der Waals surface area contributed by atoms with Crippen LogP contribution in [0.3, 0.4) is 0 Å². The molecule has 1 fully saturated rings. The molecule has 25 heavy (non-hydrogen) atoms. The summed E-state index contributed by atoms with van der Waals surface area (Å²) in [6.07, 6.45) is 7.40. The van der Waals surface area contributed by atoms with E-state index in [0.717, 1.165) is 42.5 Å². The Morgan fingerprint density at radius 2 is 1.84 bits per heavy atom. The number of hydrogen-bond acceptors (Lipinski definition) is 3. The Morgan fingerprint density at radius 1 is 1.08 bits per heavy atom. The van der Waals surface area contributed by atoms with Crippen LogP contribution in [0.5, 0.6) is 0 Å². The lowest BCUT2D eigenvalue weighted by Crippen LogP contribution is -2.19. The molecule has 1 aromatic heterocycles. The number of aliphatic carboxylic acids is 1. The van der Waals surface area contributed by atoms with Crippen molar-refractivity contribution in [2.75, 3.05) is 19.6 Å². The fourth-order valence-corrected chi connectivity index (χ4v) is 3.02. The highest BCUT2D eigenvalue weighted by molar-refractivity contribution is 5.85. The van der Waals surface area contributed by atoms with Gasteiger partial charge in [0.25, 0.3) is 0 Å². The van der Waals surface area contributed by atoms with Crippen molar-refractivity contribution >= 4 is 17.6 Å². The van der Waals surface area contributed by atoms with Crippen molar-refractivity contribution in [1.29, 1.82) is 0 Å². The summed E-state index contributed by atoms with van der Waals surface area (Å²) in [7, 11) is 0. The van der Waals surface area contributed by atoms with E-state index in [1.165, 1.54) is 18.9 Å². The van der Waals surface area contributed by atoms with Crippen LogP contribution in [0.1, 0.15) is 29.8 Å². The minimum absolute atomic E-state index is 0.642. The maximum absolute atomic E-state index is 10.7. The van der Waals surface area contributed by atoms with Gasteiger partial charge >= 0.3 is 5.97 Å². The highest BCUT2D eigenvalue weighted by atomic mass is 16.4. The van der Waals surface area contributed by atoms with E-state index < -0.39 is 5.97 Å². The Balaban J connectivity index is 1.92. The summed E-state index contributed by atoms with van der Waals surface area (Å²) in [5.41, 5.74) is 3.70. The van der Waals surface area contributed by atoms with E-state index in [4.69, 9.17) is 5.11 Å². The van der Waals surface area contributed by atoms with Crippen molar-refractivity contribution < 1.29 is 9.90 Å². The van der Waals surface area contributed by atoms with Crippen LogP contribution >= 0.6 is 0 Å². The smallest absolute Gasteiger partial charge is 0.328 e. The van der Waals surface area contributed by atoms with Crippen LogP contribution in [-0.2, 0) is 4.79 Å². The van der Waals surface area contributed by atoms with Crippen molar-refractivity contribution in [2.24, 2.45) is 0 Å². The van der Waals surface area contributed by atoms with Gasteiger partial charge in [-0.15, -0.1) is 0 Å². The molecular formula is C21H22N2O2. The number of pyridine rings is 1. The average Bonchev–Trinajstić information content (AvgIpc) is 3.15. The highest BCUT2D eigenvalue weighted by Gasteiger charge is 2.12. The van der Waals surface area contributed by atoms with E-state index in [-0.39, 0.29) is 0 Å². The first-order valence-corrected chi connectivity index (χ1v) is 8.59. The molecule has 0 radical (unpaired) electrons. The van der Waals surface area contributed by atoms with Crippen molar-refractivity contribution in [3.8, 4) is 0 Å². The van der Waals surface area contributed by atoms with Crippen LogP contribution < -0.4 is 0 Å². The Hall–Kier alpha value is -2.72. The van der Waals surface area contributed by atoms with Gasteiger partial charge in [0.05, 0.1) is 11.4 Å². The van der Waals surface area contributed by atoms with Crippen LogP contribution in [0.2, 0.25) is 0 Å². The number of aromatic nitrogens is 1. The van der Waals surface area contributed by atoms with Gasteiger partial charge in [0.15, 0.2) is 0 Å². The molecule has 0 bridgehead atoms. The summed E-state index contributed by atoms with van der Waals surface area (Å²) in [4.78, 5) is 17.8. The molecule has 2 aromatic rings. The molecular weight excluding hydrogens is 312 g/mol. The molecule has 0 aliphatic carbocycles. The van der Waals surface area contributed by atoms with Crippen molar-refractivity contribution in [1.82, 2.24) is 9.88 Å². The summed E-state index contributed by atoms with van der Waals surface area (Å²) in [6.45, 7) is 3.20. The van der Waals surface area contributed by atoms with Crippen molar-refractivity contribution in [3.63, 3.8) is 0 Å². The lowest BCUT2D eigenvalue weighted by molar-refractivity contribution is -0.131. The van der Waals surface area contributed by atoms with Gasteiger partial charge in [-0.25, -0.2) is 9.78 Å². The third kappa shape index (κ3) is 4.88. The van der Waals surface area contributed by atoms with E-state index in [0.29, 0.717) is 5.69 Å². The molecule has 0 saturated carbocycles. The third-order valence-corrected chi connectivity index (χ3v) is 4.28. The monoisotopic (exact) mass is 334 g/mol. The summed E-state index contributed by atoms with van der Waals surface area (Å²) < 4.78 is 0. The van der Waals surface area contributed by atoms with Crippen LogP contribution in [0, 0.1) is 0 Å². The molecule has 1 aliphatic rings. The fourth-order valence-electron chi connectivity index (χ4n) is 3.02. The van der Waals surface area contributed by atoms with E-state index in [1.54, 1.807) is 0 Å². The zero-order valence-corrected chi connectivity index (χ0v) is 14.1. The van der Waals surface area contributed by atoms with E-state index in [1.807, 2.05) is 36.4 Å². The molecule has 128 valence electrons. The number of benzene rings is 1. The average molecular weight is 334 g/mol. The minimum Gasteiger partial charge on any atom is -0.478 e. The zero-order chi connectivity index (χ0) is 17.5. The summed E-state index contributed by atoms with van der Waals surface area (Å²) in [5.74, 6) is -0.972. The molecule has 2 heterocycles. The van der Waals surface area contributed by atoms with Gasteiger partial charge in [-0.1, -0.05) is 42.5 Å². The quantitative estimate of drug-likeness (QED) is 0.818. The molecule has 4 nitrogen and oxygen atoms in total. The van der Waals surface area contributed by atoms with E-state index in [2.05, 4.69) is 28.1 Å². The largest absolute Gasteiger partial charge is 0.478 e. The zero-order valence-electron chi connectivity index (χ0n) is 14.1. The molecule has 0 spiro atoms. The Morgan fingerprint density at radius 3 is 2.56 bits per heavy atom. The maximum Gasteiger partial charge on any atom is 0.328 e. The predicted molar refractivity (Wildman–Crippen MR) is 100 cm³/mol. The lowest BCUT2D eigenvalue weighted by atomic mass is 10.0. The molecule has 3 rings (SSSR count). The molecule has 1 aromatic carbocycles. The Kier molecular flexibility index (Phi) is 5.75. The molecule has 1 N–H and O–H groups in total. The second-order valence-electron chi connectivity index (χ2n) is 6.11. The molecule has 1 saturated heterocycles. The van der Waals surface area contributed by atoms with Gasteiger partial charge in [-0.05, 0) is 49.7 Å². The number of rotatable bonds is 6. The second-order valence-corrected chi connectivity index (χ2v) is 6.11. The van der Waals surface area contributed by atoms with Crippen LogP contribution in [0.25, 0.3) is 11.6 Å². The predicted octanol–water partition coefficient (Wildman–Crippen LogP) is 3.71. The number of nitrogens with zero attached hydrogens (tertiary/aromatic N) is 2. The summed E-state index contributed by atoms with van der Waals surface area (Å²) in [6, 6.07) is 15.9. The second kappa shape index (κ2) is 8.40. The molecule has 0 amide bonds. The fraction of sp³-hybridized carbons (Fsp3) is 0.238. The Bertz CT molecular complexity index is 775. The van der Waals surface area contributed by atoms with Gasteiger partial charge in [-0.3, -0.25) is 4.90 Å². The molecule has 1 aliphatic heterocycles. The topological polar surface area (TPSA) is 53.4 Å². The minimum atomic E-state index is -0.972. The number of likely N-dealkylation sites (tertiary alicyclic amines) is 1. The van der Waals surface area contributed by atoms with Gasteiger partial charge in [0.1, 0.15) is 0 Å². The first-order valence-electron chi connectivity index (χ1n) is 8.59. The number of carboxylic acid groups (broad SMARTS) is 1. The number of carbonyl (C=O) groups is 1. The van der Waals surface area contributed by atoms with Gasteiger partial charge in [0, 0.05) is 18.2 Å². The van der Waals surface area contributed by atoms with Gasteiger partial charge < -0.3 is 5.11 Å². The first kappa shape index (κ1) is 17.1. The molecule has 4 heteroatoms. The molecule has 0 unspecified atom stereocenters. The van der Waals surface area contributed by atoms with Crippen LogP contribution in [0.15, 0.2) is 60.7 Å². The normalized spacial score (nSPS) is 15.8. The van der Waals surface area contributed by atoms with Gasteiger partial charge in [0.2, 0.25) is 0 Å². The number of hydrogen-bond donors (Lipinski definition) is 1. The summed E-state index contributed by atoms with van der Waals surface area (Å²) >= 11 is 0. The van der Waals surface area contributed by atoms with Crippen molar-refractivity contribution in [3.05, 3.63) is 77.6 Å². The van der Waals surface area contributed by atoms with Gasteiger partial charge in [-0.2, -0.15) is 0 Å². The standard InChI is InChI=1S/C21H22N2O2/c24-21(25)12-11-18-9-6-10-20(22-18)19(17-7-2-1-3-8-17)13-16-23-14-4-5-15-23/h1-3,6-13H,4-5,14-16H2,(H,24,25). The van der Waals surface area contributed by atoms with E-state index >= 15 is 0 Å². The third-order valence-electron chi connectivity index (χ3n) is 4.28. The maximum atomic E-state index is 10.7.